The standard InChI is InChI=1S/C20H24N4O2S/c1-22(18(25)16-13-21-20-24(19(16)26)11-12-27-20)14-15-7-3-4-8-17(15)23-9-5-2-6-10-23/h3-4,7-8,13H,2,5-6,9-12,14H2,1H3. The zero-order chi connectivity index (χ0) is 18.8. The van der Waals surface area contributed by atoms with E-state index in [-0.39, 0.29) is 17.0 Å². The minimum atomic E-state index is -0.270. The molecule has 0 aliphatic carbocycles. The first-order valence-corrected chi connectivity index (χ1v) is 10.4. The molecule has 4 rings (SSSR count). The number of anilines is 1. The number of fused-ring (bicyclic) bond motifs is 1. The van der Waals surface area contributed by atoms with E-state index in [1.165, 1.54) is 31.1 Å². The smallest absolute Gasteiger partial charge is 0.267 e. The lowest BCUT2D eigenvalue weighted by Crippen LogP contribution is -2.35. The van der Waals surface area contributed by atoms with E-state index in [0.717, 1.165) is 24.4 Å². The number of nitrogens with zero attached hydrogens (tertiary/aromatic N) is 4. The van der Waals surface area contributed by atoms with Gasteiger partial charge in [0.1, 0.15) is 5.56 Å². The van der Waals surface area contributed by atoms with Crippen molar-refractivity contribution in [2.24, 2.45) is 0 Å². The number of hydrogen-bond acceptors (Lipinski definition) is 5. The van der Waals surface area contributed by atoms with Gasteiger partial charge in [0.2, 0.25) is 0 Å². The number of rotatable bonds is 4. The van der Waals surface area contributed by atoms with Crippen molar-refractivity contribution in [3.05, 3.63) is 51.9 Å². The molecule has 2 aromatic rings. The Morgan fingerprint density at radius 1 is 1.19 bits per heavy atom. The summed E-state index contributed by atoms with van der Waals surface area (Å²) in [5, 5.41) is 0.703. The molecule has 1 aromatic heterocycles. The molecule has 27 heavy (non-hydrogen) atoms. The number of benzene rings is 1. The minimum absolute atomic E-state index is 0.152. The molecule has 0 spiro atoms. The van der Waals surface area contributed by atoms with Crippen molar-refractivity contribution < 1.29 is 4.79 Å². The van der Waals surface area contributed by atoms with Gasteiger partial charge < -0.3 is 9.80 Å². The number of hydrogen-bond donors (Lipinski definition) is 0. The van der Waals surface area contributed by atoms with E-state index in [1.54, 1.807) is 28.3 Å². The van der Waals surface area contributed by atoms with Gasteiger partial charge in [-0.1, -0.05) is 30.0 Å². The Kier molecular flexibility index (Phi) is 5.20. The topological polar surface area (TPSA) is 58.4 Å². The van der Waals surface area contributed by atoms with Gasteiger partial charge in [0, 0.05) is 50.9 Å². The van der Waals surface area contributed by atoms with E-state index in [2.05, 4.69) is 22.0 Å². The van der Waals surface area contributed by atoms with Crippen molar-refractivity contribution in [1.29, 1.82) is 0 Å². The van der Waals surface area contributed by atoms with Crippen LogP contribution in [0.4, 0.5) is 5.69 Å². The lowest BCUT2D eigenvalue weighted by atomic mass is 10.1. The molecule has 0 atom stereocenters. The van der Waals surface area contributed by atoms with E-state index in [9.17, 15) is 9.59 Å². The summed E-state index contributed by atoms with van der Waals surface area (Å²) >= 11 is 1.55. The number of carbonyl (C=O) groups is 1. The third-order valence-corrected chi connectivity index (χ3v) is 6.20. The van der Waals surface area contributed by atoms with Gasteiger partial charge >= 0.3 is 0 Å². The highest BCUT2D eigenvalue weighted by atomic mass is 32.2. The van der Waals surface area contributed by atoms with Crippen LogP contribution in [0, 0.1) is 0 Å². The summed E-state index contributed by atoms with van der Waals surface area (Å²) in [6.07, 6.45) is 5.13. The van der Waals surface area contributed by atoms with Gasteiger partial charge in [-0.25, -0.2) is 4.98 Å². The van der Waals surface area contributed by atoms with Gasteiger partial charge in [-0.05, 0) is 30.9 Å². The van der Waals surface area contributed by atoms with E-state index in [0.29, 0.717) is 18.2 Å². The quantitative estimate of drug-likeness (QED) is 0.759. The van der Waals surface area contributed by atoms with Gasteiger partial charge in [-0.3, -0.25) is 14.2 Å². The summed E-state index contributed by atoms with van der Waals surface area (Å²) in [5.74, 6) is 0.562. The Hall–Kier alpha value is -2.28. The number of aromatic nitrogens is 2. The van der Waals surface area contributed by atoms with Crippen LogP contribution in [-0.2, 0) is 13.1 Å². The summed E-state index contributed by atoms with van der Waals surface area (Å²) in [6.45, 7) is 3.21. The van der Waals surface area contributed by atoms with Crippen LogP contribution in [0.2, 0.25) is 0 Å². The van der Waals surface area contributed by atoms with Crippen LogP contribution >= 0.6 is 11.8 Å². The summed E-state index contributed by atoms with van der Waals surface area (Å²) in [5.41, 5.74) is 2.22. The van der Waals surface area contributed by atoms with Gasteiger partial charge in [-0.2, -0.15) is 0 Å². The normalized spacial score (nSPS) is 16.3. The molecular weight excluding hydrogens is 360 g/mol. The van der Waals surface area contributed by atoms with Crippen LogP contribution in [-0.4, -0.2) is 46.2 Å². The first-order chi connectivity index (χ1) is 13.1. The lowest BCUT2D eigenvalue weighted by molar-refractivity contribution is 0.0782. The summed E-state index contributed by atoms with van der Waals surface area (Å²) < 4.78 is 1.60. The third-order valence-electron chi connectivity index (χ3n) is 5.23. The molecule has 1 saturated heterocycles. The van der Waals surface area contributed by atoms with Crippen LogP contribution in [0.15, 0.2) is 40.4 Å². The van der Waals surface area contributed by atoms with Crippen molar-refractivity contribution >= 4 is 23.4 Å². The molecule has 1 amide bonds. The molecule has 0 unspecified atom stereocenters. The zero-order valence-electron chi connectivity index (χ0n) is 15.6. The van der Waals surface area contributed by atoms with Gasteiger partial charge in [-0.15, -0.1) is 0 Å². The largest absolute Gasteiger partial charge is 0.371 e. The second-order valence-electron chi connectivity index (χ2n) is 7.10. The van der Waals surface area contributed by atoms with Crippen LogP contribution < -0.4 is 10.5 Å². The summed E-state index contributed by atoms with van der Waals surface area (Å²) in [4.78, 5) is 33.9. The van der Waals surface area contributed by atoms with Crippen molar-refractivity contribution in [2.45, 2.75) is 37.5 Å². The maximum atomic E-state index is 12.9. The number of amides is 1. The number of para-hydroxylation sites is 1. The molecule has 0 bridgehead atoms. The Labute approximate surface area is 163 Å². The van der Waals surface area contributed by atoms with Crippen LogP contribution in [0.25, 0.3) is 0 Å². The second kappa shape index (κ2) is 7.76. The molecule has 6 nitrogen and oxygen atoms in total. The molecule has 2 aliphatic rings. The molecular formula is C20H24N4O2S. The molecule has 3 heterocycles. The fourth-order valence-corrected chi connectivity index (χ4v) is 4.70. The Balaban J connectivity index is 1.55. The summed E-state index contributed by atoms with van der Waals surface area (Å²) in [7, 11) is 1.75. The van der Waals surface area contributed by atoms with Crippen molar-refractivity contribution in [3.63, 3.8) is 0 Å². The Bertz CT molecular complexity index is 905. The average molecular weight is 385 g/mol. The average Bonchev–Trinajstić information content (AvgIpc) is 3.19. The Morgan fingerprint density at radius 3 is 2.78 bits per heavy atom. The SMILES string of the molecule is CN(Cc1ccccc1N1CCCCC1)C(=O)c1cnc2n(c1=O)CCS2. The van der Waals surface area contributed by atoms with E-state index < -0.39 is 0 Å². The Morgan fingerprint density at radius 2 is 1.96 bits per heavy atom. The molecule has 0 saturated carbocycles. The van der Waals surface area contributed by atoms with Crippen molar-refractivity contribution in [3.8, 4) is 0 Å². The predicted molar refractivity (Wildman–Crippen MR) is 108 cm³/mol. The maximum absolute atomic E-state index is 12.9. The first-order valence-electron chi connectivity index (χ1n) is 9.46. The second-order valence-corrected chi connectivity index (χ2v) is 8.16. The molecule has 142 valence electrons. The number of carbonyl (C=O) groups excluding carboxylic acids is 1. The molecule has 0 radical (unpaired) electrons. The van der Waals surface area contributed by atoms with Gasteiger partial charge in [0.15, 0.2) is 5.16 Å². The maximum Gasteiger partial charge on any atom is 0.267 e. The number of thioether (sulfide) groups is 1. The van der Waals surface area contributed by atoms with Crippen molar-refractivity contribution in [2.75, 3.05) is 30.8 Å². The van der Waals surface area contributed by atoms with Crippen LogP contribution in [0.1, 0.15) is 35.2 Å². The van der Waals surface area contributed by atoms with Crippen LogP contribution in [0.5, 0.6) is 0 Å². The predicted octanol–water partition coefficient (Wildman–Crippen LogP) is 2.61. The molecule has 0 N–H and O–H groups in total. The zero-order valence-corrected chi connectivity index (χ0v) is 16.4. The molecule has 2 aliphatic heterocycles. The highest BCUT2D eigenvalue weighted by Gasteiger charge is 2.23. The molecule has 1 fully saturated rings. The van der Waals surface area contributed by atoms with E-state index in [4.69, 9.17) is 0 Å². The van der Waals surface area contributed by atoms with E-state index in [1.807, 2.05) is 12.1 Å². The highest BCUT2D eigenvalue weighted by Crippen LogP contribution is 2.25. The fourth-order valence-electron chi connectivity index (χ4n) is 3.79. The number of piperidine rings is 1. The van der Waals surface area contributed by atoms with Gasteiger partial charge in [0.05, 0.1) is 0 Å². The molecule has 1 aromatic carbocycles. The lowest BCUT2D eigenvalue weighted by Gasteiger charge is -2.31. The first kappa shape index (κ1) is 18.1. The monoisotopic (exact) mass is 384 g/mol. The van der Waals surface area contributed by atoms with E-state index >= 15 is 0 Å². The fraction of sp³-hybridized carbons (Fsp3) is 0.450. The summed E-state index contributed by atoms with van der Waals surface area (Å²) in [6, 6.07) is 8.24. The van der Waals surface area contributed by atoms with Gasteiger partial charge in [0.25, 0.3) is 11.5 Å². The highest BCUT2D eigenvalue weighted by molar-refractivity contribution is 7.99. The minimum Gasteiger partial charge on any atom is -0.371 e. The van der Waals surface area contributed by atoms with Crippen LogP contribution in [0.3, 0.4) is 0 Å². The molecule has 7 heteroatoms. The third kappa shape index (κ3) is 3.60. The van der Waals surface area contributed by atoms with Crippen molar-refractivity contribution in [1.82, 2.24) is 14.5 Å².